The molecule has 0 amide bonds. The maximum atomic E-state index is 5.93. The summed E-state index contributed by atoms with van der Waals surface area (Å²) < 4.78 is 6.95. The Morgan fingerprint density at radius 3 is 2.73 bits per heavy atom. The molecule has 4 heteroatoms. The highest BCUT2D eigenvalue weighted by Crippen LogP contribution is 2.33. The van der Waals surface area contributed by atoms with E-state index in [4.69, 9.17) is 9.57 Å². The van der Waals surface area contributed by atoms with Crippen molar-refractivity contribution in [2.45, 2.75) is 25.9 Å². The second-order valence-electron chi connectivity index (χ2n) is 5.29. The fraction of sp³-hybridized carbons (Fsp3) is 0.278. The highest BCUT2D eigenvalue weighted by Gasteiger charge is 2.20. The van der Waals surface area contributed by atoms with Gasteiger partial charge < -0.3 is 9.57 Å². The fourth-order valence-corrected chi connectivity index (χ4v) is 3.46. The number of hydrogen-bond donors (Lipinski definition) is 0. The first-order chi connectivity index (χ1) is 10.8. The van der Waals surface area contributed by atoms with Gasteiger partial charge in [0, 0.05) is 10.0 Å². The number of oxime groups is 1. The normalized spacial score (nSPS) is 15.5. The molecule has 0 unspecified atom stereocenters. The largest absolute Gasteiger partial charge is 0.489 e. The summed E-state index contributed by atoms with van der Waals surface area (Å²) in [4.78, 5) is 4.96. The first-order valence-corrected chi connectivity index (χ1v) is 8.17. The van der Waals surface area contributed by atoms with Gasteiger partial charge in [0.1, 0.15) is 19.5 Å². The molecule has 0 N–H and O–H groups in total. The molecule has 0 saturated carbocycles. The van der Waals surface area contributed by atoms with Crippen LogP contribution in [0.15, 0.2) is 52.1 Å². The van der Waals surface area contributed by atoms with Crippen LogP contribution >= 0.6 is 15.9 Å². The standard InChI is InChI=1S/C18H18BrNO2/c1-21-20-17-9-5-8-14-10-15(11-16(19)18(14)17)22-12-13-6-3-2-4-7-13/h2-4,6-7,10-11H,5,8-9,12H2,1H3. The van der Waals surface area contributed by atoms with Crippen molar-refractivity contribution >= 4 is 21.6 Å². The van der Waals surface area contributed by atoms with E-state index in [2.05, 4.69) is 39.3 Å². The number of fused-ring (bicyclic) bond motifs is 1. The zero-order valence-electron chi connectivity index (χ0n) is 12.5. The molecule has 1 aliphatic rings. The maximum Gasteiger partial charge on any atom is 0.121 e. The van der Waals surface area contributed by atoms with Gasteiger partial charge in [-0.05, 0) is 58.5 Å². The van der Waals surface area contributed by atoms with Crippen LogP contribution in [-0.2, 0) is 17.9 Å². The lowest BCUT2D eigenvalue weighted by molar-refractivity contribution is 0.212. The number of aryl methyl sites for hydroxylation is 1. The molecule has 3 nitrogen and oxygen atoms in total. The summed E-state index contributed by atoms with van der Waals surface area (Å²) in [5.74, 6) is 0.883. The van der Waals surface area contributed by atoms with Crippen LogP contribution in [0, 0.1) is 0 Å². The smallest absolute Gasteiger partial charge is 0.121 e. The van der Waals surface area contributed by atoms with Crippen LogP contribution in [0.1, 0.15) is 29.5 Å². The summed E-state index contributed by atoms with van der Waals surface area (Å²) in [5.41, 5.74) is 4.59. The number of rotatable bonds is 4. The van der Waals surface area contributed by atoms with E-state index in [0.29, 0.717) is 6.61 Å². The molecular formula is C18H18BrNO2. The van der Waals surface area contributed by atoms with Crippen molar-refractivity contribution < 1.29 is 9.57 Å². The Bertz CT molecular complexity index is 683. The van der Waals surface area contributed by atoms with Crippen molar-refractivity contribution in [3.8, 4) is 5.75 Å². The van der Waals surface area contributed by atoms with Crippen LogP contribution in [0.25, 0.3) is 0 Å². The Labute approximate surface area is 139 Å². The van der Waals surface area contributed by atoms with Gasteiger partial charge in [-0.3, -0.25) is 0 Å². The topological polar surface area (TPSA) is 30.8 Å². The molecule has 0 heterocycles. The van der Waals surface area contributed by atoms with Crippen molar-refractivity contribution in [1.82, 2.24) is 0 Å². The van der Waals surface area contributed by atoms with Gasteiger partial charge in [-0.2, -0.15) is 0 Å². The Morgan fingerprint density at radius 2 is 1.95 bits per heavy atom. The van der Waals surface area contributed by atoms with Gasteiger partial charge in [0.25, 0.3) is 0 Å². The molecule has 22 heavy (non-hydrogen) atoms. The number of ether oxygens (including phenoxy) is 1. The van der Waals surface area contributed by atoms with E-state index in [9.17, 15) is 0 Å². The first kappa shape index (κ1) is 15.1. The zero-order valence-corrected chi connectivity index (χ0v) is 14.1. The third-order valence-corrected chi connectivity index (χ3v) is 4.37. The molecule has 0 saturated heterocycles. The van der Waals surface area contributed by atoms with E-state index in [1.54, 1.807) is 7.11 Å². The summed E-state index contributed by atoms with van der Waals surface area (Å²) in [6.45, 7) is 0.574. The molecule has 2 aromatic carbocycles. The molecule has 0 atom stereocenters. The molecule has 0 bridgehead atoms. The van der Waals surface area contributed by atoms with Crippen LogP contribution in [0.3, 0.4) is 0 Å². The number of hydrogen-bond acceptors (Lipinski definition) is 3. The summed E-state index contributed by atoms with van der Waals surface area (Å²) >= 11 is 3.65. The first-order valence-electron chi connectivity index (χ1n) is 7.37. The van der Waals surface area contributed by atoms with Gasteiger partial charge in [0.2, 0.25) is 0 Å². The van der Waals surface area contributed by atoms with Crippen molar-refractivity contribution in [2.75, 3.05) is 7.11 Å². The molecule has 0 aliphatic heterocycles. The van der Waals surface area contributed by atoms with Gasteiger partial charge >= 0.3 is 0 Å². The van der Waals surface area contributed by atoms with Crippen molar-refractivity contribution in [1.29, 1.82) is 0 Å². The third kappa shape index (κ3) is 3.33. The van der Waals surface area contributed by atoms with Gasteiger partial charge in [-0.15, -0.1) is 0 Å². The molecular weight excluding hydrogens is 342 g/mol. The zero-order chi connectivity index (χ0) is 15.4. The predicted molar refractivity (Wildman–Crippen MR) is 91.4 cm³/mol. The van der Waals surface area contributed by atoms with Crippen LogP contribution in [-0.4, -0.2) is 12.8 Å². The lowest BCUT2D eigenvalue weighted by Crippen LogP contribution is -2.13. The minimum absolute atomic E-state index is 0.574. The molecule has 1 aliphatic carbocycles. The van der Waals surface area contributed by atoms with Crippen LogP contribution in [0.4, 0.5) is 0 Å². The minimum atomic E-state index is 0.574. The second kappa shape index (κ2) is 6.97. The van der Waals surface area contributed by atoms with Gasteiger partial charge in [-0.25, -0.2) is 0 Å². The molecule has 2 aromatic rings. The Hall–Kier alpha value is -1.81. The average Bonchev–Trinajstić information content (AvgIpc) is 2.54. The van der Waals surface area contributed by atoms with Crippen LogP contribution < -0.4 is 4.74 Å². The Balaban J connectivity index is 1.83. The number of nitrogens with zero attached hydrogens (tertiary/aromatic N) is 1. The SMILES string of the molecule is CON=C1CCCc2cc(OCc3ccccc3)cc(Br)c21. The Morgan fingerprint density at radius 1 is 1.14 bits per heavy atom. The van der Waals surface area contributed by atoms with E-state index in [0.717, 1.165) is 46.3 Å². The summed E-state index contributed by atoms with van der Waals surface area (Å²) in [6, 6.07) is 14.3. The molecule has 0 fully saturated rings. The van der Waals surface area contributed by atoms with E-state index >= 15 is 0 Å². The number of benzene rings is 2. The third-order valence-electron chi connectivity index (χ3n) is 3.74. The van der Waals surface area contributed by atoms with Crippen LogP contribution in [0.2, 0.25) is 0 Å². The summed E-state index contributed by atoms with van der Waals surface area (Å²) in [6.07, 6.45) is 3.08. The van der Waals surface area contributed by atoms with Gasteiger partial charge in [-0.1, -0.05) is 35.5 Å². The lowest BCUT2D eigenvalue weighted by Gasteiger charge is -2.20. The monoisotopic (exact) mass is 359 g/mol. The van der Waals surface area contributed by atoms with E-state index in [1.165, 1.54) is 5.56 Å². The number of halogens is 1. The highest BCUT2D eigenvalue weighted by atomic mass is 79.9. The van der Waals surface area contributed by atoms with E-state index in [-0.39, 0.29) is 0 Å². The average molecular weight is 360 g/mol. The Kier molecular flexibility index (Phi) is 4.78. The summed E-state index contributed by atoms with van der Waals surface area (Å²) in [5, 5.41) is 4.15. The van der Waals surface area contributed by atoms with Crippen molar-refractivity contribution in [3.05, 3.63) is 63.6 Å². The van der Waals surface area contributed by atoms with Gasteiger partial charge in [0.05, 0.1) is 5.71 Å². The maximum absolute atomic E-state index is 5.93. The fourth-order valence-electron chi connectivity index (χ4n) is 2.75. The quantitative estimate of drug-likeness (QED) is 0.739. The molecule has 0 spiro atoms. The van der Waals surface area contributed by atoms with Crippen molar-refractivity contribution in [3.63, 3.8) is 0 Å². The predicted octanol–water partition coefficient (Wildman–Crippen LogP) is 4.71. The molecule has 0 radical (unpaired) electrons. The molecule has 0 aromatic heterocycles. The lowest BCUT2D eigenvalue weighted by atomic mass is 9.90. The summed E-state index contributed by atoms with van der Waals surface area (Å²) in [7, 11) is 1.59. The minimum Gasteiger partial charge on any atom is -0.489 e. The molecule has 3 rings (SSSR count). The van der Waals surface area contributed by atoms with Crippen molar-refractivity contribution in [2.24, 2.45) is 5.16 Å². The van der Waals surface area contributed by atoms with E-state index in [1.807, 2.05) is 24.3 Å². The van der Waals surface area contributed by atoms with Gasteiger partial charge in [0.15, 0.2) is 0 Å². The second-order valence-corrected chi connectivity index (χ2v) is 6.14. The highest BCUT2D eigenvalue weighted by molar-refractivity contribution is 9.10. The van der Waals surface area contributed by atoms with E-state index < -0.39 is 0 Å². The molecule has 114 valence electrons. The van der Waals surface area contributed by atoms with Crippen LogP contribution in [0.5, 0.6) is 5.75 Å².